The Hall–Kier alpha value is -1.07. The number of ether oxygens (including phenoxy) is 1. The third kappa shape index (κ3) is 9.39. The summed E-state index contributed by atoms with van der Waals surface area (Å²) in [5, 5.41) is 4.17. The smallest absolute Gasteiger partial charge is 0.416 e. The largest absolute Gasteiger partial charge is 0.680 e. The molecule has 1 radical (unpaired) electrons. The molecule has 0 bridgehead atoms. The van der Waals surface area contributed by atoms with E-state index >= 15 is 0 Å². The summed E-state index contributed by atoms with van der Waals surface area (Å²) in [6.07, 6.45) is -8.20. The van der Waals surface area contributed by atoms with Crippen LogP contribution in [0.2, 0.25) is 0 Å². The van der Waals surface area contributed by atoms with E-state index in [0.29, 0.717) is 31.5 Å². The molecule has 1 unspecified atom stereocenters. The molecule has 3 nitrogen and oxygen atoms in total. The van der Waals surface area contributed by atoms with Crippen LogP contribution in [0.1, 0.15) is 47.4 Å². The van der Waals surface area contributed by atoms with Gasteiger partial charge in [0.15, 0.2) is 0 Å². The first-order chi connectivity index (χ1) is 16.0. The van der Waals surface area contributed by atoms with E-state index in [0.717, 1.165) is 12.0 Å². The first kappa shape index (κ1) is 32.0. The first-order valence-electron chi connectivity index (χ1n) is 10.7. The van der Waals surface area contributed by atoms with Crippen molar-refractivity contribution in [3.63, 3.8) is 0 Å². The number of rotatable bonds is 6. The van der Waals surface area contributed by atoms with E-state index < -0.39 is 42.0 Å². The summed E-state index contributed by atoms with van der Waals surface area (Å²) in [7, 11) is 2.96. The van der Waals surface area contributed by atoms with Gasteiger partial charge >= 0.3 is 12.4 Å². The maximum absolute atomic E-state index is 13.4. The Morgan fingerprint density at radius 2 is 1.46 bits per heavy atom. The van der Waals surface area contributed by atoms with E-state index in [4.69, 9.17) is 10.5 Å². The molecule has 0 aliphatic heterocycles. The average molecular weight is 581 g/mol. The molecule has 35 heavy (non-hydrogen) atoms. The maximum atomic E-state index is 13.4. The summed E-state index contributed by atoms with van der Waals surface area (Å²) in [6, 6.07) is 7.38. The minimum atomic E-state index is -4.91. The topological polar surface area (TPSA) is 47.1 Å². The molecule has 1 aliphatic carbocycles. The van der Waals surface area contributed by atoms with Gasteiger partial charge in [-0.15, -0.1) is 6.54 Å². The van der Waals surface area contributed by atoms with Crippen molar-refractivity contribution in [3.05, 3.63) is 81.6 Å². The van der Waals surface area contributed by atoms with Gasteiger partial charge in [-0.1, -0.05) is 18.1 Å². The van der Waals surface area contributed by atoms with Crippen LogP contribution in [-0.4, -0.2) is 26.7 Å². The van der Waals surface area contributed by atoms with Crippen molar-refractivity contribution in [2.24, 2.45) is 5.92 Å². The van der Waals surface area contributed by atoms with Crippen molar-refractivity contribution in [1.29, 1.82) is 0 Å². The van der Waals surface area contributed by atoms with Gasteiger partial charge in [-0.3, -0.25) is 0 Å². The van der Waals surface area contributed by atoms with E-state index in [1.807, 2.05) is 0 Å². The van der Waals surface area contributed by atoms with E-state index in [2.05, 4.69) is 5.32 Å². The van der Waals surface area contributed by atoms with Gasteiger partial charge in [-0.05, 0) is 60.7 Å². The predicted molar refractivity (Wildman–Crippen MR) is 116 cm³/mol. The minimum Gasteiger partial charge on any atom is -0.680 e. The number of hydrogen-bond donors (Lipinski definition) is 0. The van der Waals surface area contributed by atoms with Crippen LogP contribution in [-0.2, 0) is 56.4 Å². The van der Waals surface area contributed by atoms with Crippen molar-refractivity contribution in [3.8, 4) is 0 Å². The molecule has 11 heteroatoms. The van der Waals surface area contributed by atoms with Gasteiger partial charge in [-0.2, -0.15) is 40.4 Å². The van der Waals surface area contributed by atoms with E-state index in [-0.39, 0.29) is 56.2 Å². The molecule has 0 heterocycles. The van der Waals surface area contributed by atoms with Gasteiger partial charge in [0.05, 0.1) is 23.8 Å². The van der Waals surface area contributed by atoms with Crippen molar-refractivity contribution in [2.75, 3.05) is 20.6 Å². The van der Waals surface area contributed by atoms with Crippen molar-refractivity contribution < 1.29 is 68.2 Å². The summed E-state index contributed by atoms with van der Waals surface area (Å²) in [6.45, 7) is 0.255. The molecule has 3 rings (SSSR count). The molecule has 0 aromatic heterocycles. The molecule has 0 spiro atoms. The standard InChI is InChI=1S/C23H23F7NO.CH4N.Y/c1-31-12-14-2-7-21(20(10-14)16-3-5-19(24)6-4-16)32-13-15-8-17(22(25,26)27)11-18(9-15)23(28,29)30;1-2;/h3-6,8-9,11,14,20-21H,2,7,10,12-13H2,1H3;2H,1H3;/q2*-1;/t14-,20?,21+;;/m1../s1. The Morgan fingerprint density at radius 3 is 1.94 bits per heavy atom. The quantitative estimate of drug-likeness (QED) is 0.319. The Morgan fingerprint density at radius 1 is 0.914 bits per heavy atom. The van der Waals surface area contributed by atoms with Crippen LogP contribution in [0, 0.1) is 11.7 Å². The molecule has 1 saturated carbocycles. The van der Waals surface area contributed by atoms with Crippen LogP contribution < -0.4 is 0 Å². The summed E-state index contributed by atoms with van der Waals surface area (Å²) in [5.41, 5.74) is 3.64. The van der Waals surface area contributed by atoms with Crippen molar-refractivity contribution in [2.45, 2.75) is 50.2 Å². The molecular formula is C24H27F7N2OY-2. The summed E-state index contributed by atoms with van der Waals surface area (Å²) < 4.78 is 97.9. The maximum Gasteiger partial charge on any atom is 0.416 e. The number of alkyl halides is 6. The van der Waals surface area contributed by atoms with Crippen molar-refractivity contribution in [1.82, 2.24) is 0 Å². The van der Waals surface area contributed by atoms with Crippen LogP contribution in [0.25, 0.3) is 11.1 Å². The van der Waals surface area contributed by atoms with Gasteiger partial charge in [0.1, 0.15) is 5.82 Å². The summed E-state index contributed by atoms with van der Waals surface area (Å²) in [5.74, 6) is -0.282. The predicted octanol–water partition coefficient (Wildman–Crippen LogP) is 8.00. The monoisotopic (exact) mass is 581 g/mol. The number of benzene rings is 2. The Bertz CT molecular complexity index is 872. The fourth-order valence-electron chi connectivity index (χ4n) is 4.22. The van der Waals surface area contributed by atoms with Gasteiger partial charge < -0.3 is 15.8 Å². The van der Waals surface area contributed by atoms with Crippen LogP contribution in [0.4, 0.5) is 30.7 Å². The zero-order valence-corrected chi connectivity index (χ0v) is 22.2. The van der Waals surface area contributed by atoms with Crippen LogP contribution in [0.3, 0.4) is 0 Å². The second-order valence-electron chi connectivity index (χ2n) is 8.10. The van der Waals surface area contributed by atoms with Gasteiger partial charge in [-0.25, -0.2) is 4.39 Å². The third-order valence-corrected chi connectivity index (χ3v) is 5.75. The van der Waals surface area contributed by atoms with E-state index in [9.17, 15) is 30.7 Å². The molecule has 0 saturated heterocycles. The Kier molecular flexibility index (Phi) is 12.8. The molecule has 2 aromatic carbocycles. The Labute approximate surface area is 225 Å². The zero-order valence-electron chi connectivity index (χ0n) is 19.4. The van der Waals surface area contributed by atoms with E-state index in [1.54, 1.807) is 19.2 Å². The first-order valence-corrected chi connectivity index (χ1v) is 10.7. The minimum absolute atomic E-state index is 0. The fourth-order valence-corrected chi connectivity index (χ4v) is 4.22. The molecule has 193 valence electrons. The fraction of sp³-hybridized carbons (Fsp3) is 0.500. The Balaban J connectivity index is 0.00000199. The normalized spacial score (nSPS) is 20.5. The van der Waals surface area contributed by atoms with E-state index in [1.165, 1.54) is 19.2 Å². The van der Waals surface area contributed by atoms with Gasteiger partial charge in [0, 0.05) is 38.6 Å². The number of halogens is 7. The average Bonchev–Trinajstić information content (AvgIpc) is 2.79. The summed E-state index contributed by atoms with van der Waals surface area (Å²) >= 11 is 0. The third-order valence-electron chi connectivity index (χ3n) is 5.75. The number of nitrogens with zero attached hydrogens (tertiary/aromatic N) is 1. The zero-order chi connectivity index (χ0) is 25.5. The molecule has 3 atom stereocenters. The number of hydrogen-bond acceptors (Lipinski definition) is 1. The van der Waals surface area contributed by atoms with Crippen LogP contribution >= 0.6 is 0 Å². The molecule has 0 amide bonds. The van der Waals surface area contributed by atoms with Crippen molar-refractivity contribution >= 4 is 0 Å². The second kappa shape index (κ2) is 14.0. The molecule has 2 aromatic rings. The van der Waals surface area contributed by atoms with Gasteiger partial charge in [0.25, 0.3) is 0 Å². The second-order valence-corrected chi connectivity index (χ2v) is 8.10. The summed E-state index contributed by atoms with van der Waals surface area (Å²) in [4.78, 5) is 0. The molecule has 1 N–H and O–H groups in total. The van der Waals surface area contributed by atoms with Crippen LogP contribution in [0.5, 0.6) is 0 Å². The molecule has 1 fully saturated rings. The van der Waals surface area contributed by atoms with Crippen LogP contribution in [0.15, 0.2) is 42.5 Å². The molecule has 1 aliphatic rings. The van der Waals surface area contributed by atoms with Gasteiger partial charge in [0.2, 0.25) is 0 Å². The molecular weight excluding hydrogens is 554 g/mol. The number of nitrogens with one attached hydrogen (secondary N) is 1. The SMILES string of the molecule is C[N-]C[C@@H]1CC[C@H](OCc2cc(C(F)(F)F)cc(C(F)(F)F)c2)C(c2ccc(F)cc2)C1.C[NH-].[Y].